The van der Waals surface area contributed by atoms with Gasteiger partial charge < -0.3 is 14.9 Å². The molecular formula is C9H10BFN2O4S. The SMILES string of the molecule is [B]C(O)(O)C1CCC(n2cc(F)c(=S)[nH]c2=O)O1. The van der Waals surface area contributed by atoms with Crippen molar-refractivity contribution in [3.8, 4) is 0 Å². The Balaban J connectivity index is 2.28. The number of aromatic amines is 1. The topological polar surface area (TPSA) is 87.5 Å². The number of H-pyrrole nitrogens is 1. The largest absolute Gasteiger partial charge is 0.372 e. The van der Waals surface area contributed by atoms with Gasteiger partial charge in [-0.25, -0.2) is 9.18 Å². The van der Waals surface area contributed by atoms with Gasteiger partial charge in [-0.2, -0.15) is 0 Å². The Kier molecular flexibility index (Phi) is 3.41. The highest BCUT2D eigenvalue weighted by molar-refractivity contribution is 7.71. The molecule has 9 heteroatoms. The fourth-order valence-electron chi connectivity index (χ4n) is 1.81. The second kappa shape index (κ2) is 4.58. The molecule has 0 bridgehead atoms. The number of halogens is 1. The van der Waals surface area contributed by atoms with Crippen molar-refractivity contribution in [1.82, 2.24) is 9.55 Å². The van der Waals surface area contributed by atoms with Crippen LogP contribution in [0, 0.1) is 10.5 Å². The van der Waals surface area contributed by atoms with Crippen LogP contribution >= 0.6 is 12.2 Å². The lowest BCUT2D eigenvalue weighted by atomic mass is 9.88. The number of nitrogens with zero attached hydrogens (tertiary/aromatic N) is 1. The summed E-state index contributed by atoms with van der Waals surface area (Å²) >= 11 is 4.57. The third kappa shape index (κ3) is 2.53. The van der Waals surface area contributed by atoms with Crippen LogP contribution in [0.1, 0.15) is 19.1 Å². The Labute approximate surface area is 107 Å². The molecule has 2 atom stereocenters. The van der Waals surface area contributed by atoms with Gasteiger partial charge in [-0.15, -0.1) is 0 Å². The molecule has 96 valence electrons. The molecule has 3 N–H and O–H groups in total. The van der Waals surface area contributed by atoms with Crippen molar-refractivity contribution < 1.29 is 19.3 Å². The second-order valence-corrected chi connectivity index (χ2v) is 4.49. The van der Waals surface area contributed by atoms with Crippen molar-refractivity contribution >= 4 is 20.1 Å². The molecule has 0 saturated carbocycles. The minimum Gasteiger partial charge on any atom is -0.372 e. The highest BCUT2D eigenvalue weighted by atomic mass is 32.1. The van der Waals surface area contributed by atoms with Crippen LogP contribution in [0.15, 0.2) is 11.0 Å². The number of rotatable bonds is 2. The van der Waals surface area contributed by atoms with E-state index < -0.39 is 29.5 Å². The third-order valence-electron chi connectivity index (χ3n) is 2.71. The van der Waals surface area contributed by atoms with Gasteiger partial charge in [0.15, 0.2) is 13.7 Å². The summed E-state index contributed by atoms with van der Waals surface area (Å²) in [4.78, 5) is 13.7. The first kappa shape index (κ1) is 13.4. The molecule has 2 radical (unpaired) electrons. The van der Waals surface area contributed by atoms with E-state index in [-0.39, 0.29) is 11.1 Å². The van der Waals surface area contributed by atoms with Gasteiger partial charge >= 0.3 is 5.69 Å². The number of aromatic nitrogens is 2. The first-order chi connectivity index (χ1) is 8.29. The molecule has 2 rings (SSSR count). The van der Waals surface area contributed by atoms with Crippen LogP contribution in [0.3, 0.4) is 0 Å². The minimum atomic E-state index is -2.49. The first-order valence-corrected chi connectivity index (χ1v) is 5.60. The van der Waals surface area contributed by atoms with E-state index in [1.807, 2.05) is 0 Å². The molecule has 1 aliphatic heterocycles. The maximum Gasteiger partial charge on any atom is 0.328 e. The number of hydrogen-bond donors (Lipinski definition) is 3. The molecule has 2 heterocycles. The highest BCUT2D eigenvalue weighted by Crippen LogP contribution is 2.31. The first-order valence-electron chi connectivity index (χ1n) is 5.19. The summed E-state index contributed by atoms with van der Waals surface area (Å²) in [5, 5.41) is 18.3. The predicted octanol–water partition coefficient (Wildman–Crippen LogP) is -0.471. The number of hydrogen-bond acceptors (Lipinski definition) is 5. The van der Waals surface area contributed by atoms with Crippen LogP contribution in [0.2, 0.25) is 0 Å². The summed E-state index contributed by atoms with van der Waals surface area (Å²) in [6, 6.07) is 0. The zero-order valence-electron chi connectivity index (χ0n) is 9.17. The standard InChI is InChI=1S/C9H10BFN2O4S/c10-9(15,16)5-1-2-6(17-5)13-3-4(11)7(18)12-8(13)14/h3,5-6,15-16H,1-2H2,(H,12,14,18). The van der Waals surface area contributed by atoms with E-state index in [4.69, 9.17) is 12.6 Å². The van der Waals surface area contributed by atoms with Crippen molar-refractivity contribution in [3.05, 3.63) is 27.1 Å². The smallest absolute Gasteiger partial charge is 0.328 e. The number of nitrogens with one attached hydrogen (secondary N) is 1. The summed E-state index contributed by atoms with van der Waals surface area (Å²) in [6.07, 6.45) is -0.403. The summed E-state index contributed by atoms with van der Waals surface area (Å²) in [5.41, 5.74) is -3.12. The van der Waals surface area contributed by atoms with Crippen LogP contribution in [-0.2, 0) is 4.74 Å². The Morgan fingerprint density at radius 3 is 2.83 bits per heavy atom. The molecule has 1 aromatic rings. The lowest BCUT2D eigenvalue weighted by Crippen LogP contribution is -2.42. The maximum absolute atomic E-state index is 13.3. The van der Waals surface area contributed by atoms with E-state index in [1.54, 1.807) is 0 Å². The van der Waals surface area contributed by atoms with Gasteiger partial charge in [0.2, 0.25) is 0 Å². The van der Waals surface area contributed by atoms with E-state index in [0.29, 0.717) is 6.42 Å². The molecule has 1 aliphatic rings. The van der Waals surface area contributed by atoms with Crippen molar-refractivity contribution in [3.63, 3.8) is 0 Å². The van der Waals surface area contributed by atoms with Crippen molar-refractivity contribution in [2.24, 2.45) is 0 Å². The molecule has 2 unspecified atom stereocenters. The molecular weight excluding hydrogens is 262 g/mol. The van der Waals surface area contributed by atoms with Crippen LogP contribution in [0.25, 0.3) is 0 Å². The summed E-state index contributed by atoms with van der Waals surface area (Å²) in [7, 11) is 5.07. The van der Waals surface area contributed by atoms with Gasteiger partial charge in [0.05, 0.1) is 6.20 Å². The second-order valence-electron chi connectivity index (χ2n) is 4.08. The third-order valence-corrected chi connectivity index (χ3v) is 3.00. The average molecular weight is 272 g/mol. The summed E-state index contributed by atoms with van der Waals surface area (Å²) in [5.74, 6) is -0.761. The Hall–Kier alpha value is -1.03. The summed E-state index contributed by atoms with van der Waals surface area (Å²) in [6.45, 7) is 0. The molecule has 1 saturated heterocycles. The Morgan fingerprint density at radius 2 is 2.28 bits per heavy atom. The monoisotopic (exact) mass is 272 g/mol. The minimum absolute atomic E-state index is 0.234. The molecule has 6 nitrogen and oxygen atoms in total. The van der Waals surface area contributed by atoms with Crippen LogP contribution in [0.5, 0.6) is 0 Å². The zero-order valence-corrected chi connectivity index (χ0v) is 9.98. The Bertz CT molecular complexity index is 567. The fourth-order valence-corrected chi connectivity index (χ4v) is 1.95. The lowest BCUT2D eigenvalue weighted by molar-refractivity contribution is -0.183. The van der Waals surface area contributed by atoms with Crippen molar-refractivity contribution in [1.29, 1.82) is 0 Å². The van der Waals surface area contributed by atoms with E-state index in [0.717, 1.165) is 10.8 Å². The van der Waals surface area contributed by atoms with Crippen LogP contribution in [-0.4, -0.2) is 39.4 Å². The molecule has 0 amide bonds. The average Bonchev–Trinajstić information content (AvgIpc) is 2.72. The van der Waals surface area contributed by atoms with Crippen molar-refractivity contribution in [2.45, 2.75) is 30.9 Å². The predicted molar refractivity (Wildman–Crippen MR) is 61.9 cm³/mol. The van der Waals surface area contributed by atoms with Crippen molar-refractivity contribution in [2.75, 3.05) is 0 Å². The van der Waals surface area contributed by atoms with E-state index in [9.17, 15) is 19.4 Å². The number of aliphatic hydroxyl groups is 2. The van der Waals surface area contributed by atoms with E-state index in [1.165, 1.54) is 0 Å². The van der Waals surface area contributed by atoms with Gasteiger partial charge in [-0.3, -0.25) is 9.55 Å². The molecule has 0 aliphatic carbocycles. The van der Waals surface area contributed by atoms with E-state index in [2.05, 4.69) is 17.2 Å². The fraction of sp³-hybridized carbons (Fsp3) is 0.556. The van der Waals surface area contributed by atoms with Gasteiger partial charge in [0, 0.05) is 0 Å². The highest BCUT2D eigenvalue weighted by Gasteiger charge is 2.37. The van der Waals surface area contributed by atoms with Gasteiger partial charge in [-0.1, -0.05) is 12.2 Å². The van der Waals surface area contributed by atoms with Gasteiger partial charge in [0.1, 0.15) is 22.7 Å². The maximum atomic E-state index is 13.3. The summed E-state index contributed by atoms with van der Waals surface area (Å²) < 4.78 is 19.2. The normalized spacial score (nSPS) is 24.4. The lowest BCUT2D eigenvalue weighted by Gasteiger charge is -2.25. The van der Waals surface area contributed by atoms with Crippen LogP contribution < -0.4 is 5.69 Å². The van der Waals surface area contributed by atoms with E-state index >= 15 is 0 Å². The molecule has 0 spiro atoms. The van der Waals surface area contributed by atoms with Crippen LogP contribution in [0.4, 0.5) is 4.39 Å². The zero-order chi connectivity index (χ0) is 13.5. The quantitative estimate of drug-likeness (QED) is 0.385. The molecule has 0 aromatic carbocycles. The van der Waals surface area contributed by atoms with Gasteiger partial charge in [-0.05, 0) is 12.8 Å². The Morgan fingerprint density at radius 1 is 1.61 bits per heavy atom. The van der Waals surface area contributed by atoms with Gasteiger partial charge in [0.25, 0.3) is 0 Å². The molecule has 1 fully saturated rings. The molecule has 1 aromatic heterocycles. The number of ether oxygens (including phenoxy) is 1. The molecule has 18 heavy (non-hydrogen) atoms.